The zero-order valence-corrected chi connectivity index (χ0v) is 13.8. The van der Waals surface area contributed by atoms with Crippen molar-refractivity contribution in [3.05, 3.63) is 61.2 Å². The van der Waals surface area contributed by atoms with Gasteiger partial charge in [0.2, 0.25) is 0 Å². The van der Waals surface area contributed by atoms with Gasteiger partial charge in [0.05, 0.1) is 0 Å². The van der Waals surface area contributed by atoms with Crippen LogP contribution in [0, 0.1) is 7.14 Å². The molecule has 0 aliphatic carbocycles. The first kappa shape index (κ1) is 13.1. The fourth-order valence-electron chi connectivity index (χ4n) is 1.63. The molecule has 1 unspecified atom stereocenters. The van der Waals surface area contributed by atoms with E-state index in [1.165, 1.54) is 12.7 Å². The molecule has 1 atom stereocenters. The molecule has 0 spiro atoms. The highest BCUT2D eigenvalue weighted by atomic mass is 127. The molecule has 1 N–H and O–H groups in total. The van der Waals surface area contributed by atoms with Crippen LogP contribution in [0.3, 0.4) is 0 Å². The number of anilines is 1. The first-order valence-electron chi connectivity index (χ1n) is 5.43. The Bertz CT molecular complexity index is 477. The van der Waals surface area contributed by atoms with E-state index >= 15 is 0 Å². The van der Waals surface area contributed by atoms with Crippen LogP contribution in [0.15, 0.2) is 48.5 Å². The summed E-state index contributed by atoms with van der Waals surface area (Å²) in [5, 5.41) is 3.50. The predicted octanol–water partition coefficient (Wildman–Crippen LogP) is 5.07. The third-order valence-corrected chi connectivity index (χ3v) is 4.04. The fourth-order valence-corrected chi connectivity index (χ4v) is 2.35. The summed E-state index contributed by atoms with van der Waals surface area (Å²) in [5.74, 6) is 0. The van der Waals surface area contributed by atoms with Gasteiger partial charge in [-0.3, -0.25) is 0 Å². The molecular weight excluding hydrogens is 436 g/mol. The molecule has 2 aromatic rings. The monoisotopic (exact) mass is 449 g/mol. The smallest absolute Gasteiger partial charge is 0.0485 e. The van der Waals surface area contributed by atoms with Crippen LogP contribution in [0.4, 0.5) is 5.69 Å². The van der Waals surface area contributed by atoms with E-state index in [0.717, 1.165) is 5.69 Å². The lowest BCUT2D eigenvalue weighted by molar-refractivity contribution is 0.884. The molecule has 0 heterocycles. The molecule has 0 radical (unpaired) electrons. The number of nitrogens with one attached hydrogen (secondary N) is 1. The number of hydrogen-bond donors (Lipinski definition) is 1. The first-order chi connectivity index (χ1) is 8.15. The maximum atomic E-state index is 3.50. The Kier molecular flexibility index (Phi) is 4.67. The van der Waals surface area contributed by atoms with E-state index in [4.69, 9.17) is 0 Å². The van der Waals surface area contributed by atoms with Crippen molar-refractivity contribution in [3.8, 4) is 0 Å². The molecule has 88 valence electrons. The van der Waals surface area contributed by atoms with E-state index in [-0.39, 0.29) is 0 Å². The molecule has 0 amide bonds. The Morgan fingerprint density at radius 1 is 0.824 bits per heavy atom. The molecule has 0 aromatic heterocycles. The van der Waals surface area contributed by atoms with E-state index in [0.29, 0.717) is 6.04 Å². The van der Waals surface area contributed by atoms with Gasteiger partial charge in [0.1, 0.15) is 0 Å². The molecule has 0 aliphatic heterocycles. The zero-order chi connectivity index (χ0) is 12.3. The summed E-state index contributed by atoms with van der Waals surface area (Å²) in [4.78, 5) is 0. The van der Waals surface area contributed by atoms with E-state index in [9.17, 15) is 0 Å². The van der Waals surface area contributed by atoms with Crippen LogP contribution in [-0.2, 0) is 0 Å². The van der Waals surface area contributed by atoms with Gasteiger partial charge in [-0.2, -0.15) is 0 Å². The summed E-state index contributed by atoms with van der Waals surface area (Å²) < 4.78 is 2.53. The lowest BCUT2D eigenvalue weighted by atomic mass is 10.1. The molecule has 1 nitrogen and oxygen atoms in total. The van der Waals surface area contributed by atoms with E-state index in [2.05, 4.69) is 106 Å². The third-order valence-electron chi connectivity index (χ3n) is 2.60. The van der Waals surface area contributed by atoms with Crippen LogP contribution < -0.4 is 5.32 Å². The van der Waals surface area contributed by atoms with Crippen LogP contribution in [-0.4, -0.2) is 0 Å². The molecule has 17 heavy (non-hydrogen) atoms. The quantitative estimate of drug-likeness (QED) is 0.646. The second-order valence-electron chi connectivity index (χ2n) is 3.92. The van der Waals surface area contributed by atoms with Gasteiger partial charge in [-0.1, -0.05) is 12.1 Å². The molecule has 2 aromatic carbocycles. The average Bonchev–Trinajstić information content (AvgIpc) is 2.33. The minimum Gasteiger partial charge on any atom is -0.379 e. The van der Waals surface area contributed by atoms with Crippen molar-refractivity contribution in [1.29, 1.82) is 0 Å². The number of halogens is 2. The Morgan fingerprint density at radius 2 is 1.29 bits per heavy atom. The minimum absolute atomic E-state index is 0.326. The van der Waals surface area contributed by atoms with E-state index in [1.807, 2.05) is 0 Å². The first-order valence-corrected chi connectivity index (χ1v) is 7.58. The van der Waals surface area contributed by atoms with Gasteiger partial charge in [0, 0.05) is 18.9 Å². The Morgan fingerprint density at radius 3 is 1.82 bits per heavy atom. The summed E-state index contributed by atoms with van der Waals surface area (Å²) in [7, 11) is 0. The minimum atomic E-state index is 0.326. The van der Waals surface area contributed by atoms with Crippen LogP contribution in [0.25, 0.3) is 0 Å². The normalized spacial score (nSPS) is 12.2. The largest absolute Gasteiger partial charge is 0.379 e. The lowest BCUT2D eigenvalue weighted by Crippen LogP contribution is -2.06. The lowest BCUT2D eigenvalue weighted by Gasteiger charge is -2.15. The van der Waals surface area contributed by atoms with E-state index in [1.54, 1.807) is 0 Å². The molecule has 0 bridgehead atoms. The van der Waals surface area contributed by atoms with Crippen LogP contribution >= 0.6 is 45.2 Å². The highest BCUT2D eigenvalue weighted by Gasteiger charge is 2.04. The van der Waals surface area contributed by atoms with Gasteiger partial charge in [0.15, 0.2) is 0 Å². The summed E-state index contributed by atoms with van der Waals surface area (Å²) in [6, 6.07) is 17.4. The van der Waals surface area contributed by atoms with Crippen LogP contribution in [0.2, 0.25) is 0 Å². The fraction of sp³-hybridized carbons (Fsp3) is 0.143. The van der Waals surface area contributed by atoms with Crippen LogP contribution in [0.1, 0.15) is 18.5 Å². The maximum Gasteiger partial charge on any atom is 0.0485 e. The van der Waals surface area contributed by atoms with Crippen molar-refractivity contribution in [2.24, 2.45) is 0 Å². The zero-order valence-electron chi connectivity index (χ0n) is 9.45. The van der Waals surface area contributed by atoms with Crippen molar-refractivity contribution in [2.75, 3.05) is 5.32 Å². The molecular formula is C14H13I2N. The highest BCUT2D eigenvalue weighted by molar-refractivity contribution is 14.1. The summed E-state index contributed by atoms with van der Waals surface area (Å²) in [5.41, 5.74) is 2.47. The molecule has 0 saturated carbocycles. The van der Waals surface area contributed by atoms with Crippen molar-refractivity contribution < 1.29 is 0 Å². The van der Waals surface area contributed by atoms with Crippen molar-refractivity contribution in [1.82, 2.24) is 0 Å². The molecule has 3 heteroatoms. The van der Waals surface area contributed by atoms with Gasteiger partial charge in [-0.25, -0.2) is 0 Å². The second-order valence-corrected chi connectivity index (χ2v) is 6.42. The van der Waals surface area contributed by atoms with Gasteiger partial charge in [-0.05, 0) is 94.1 Å². The van der Waals surface area contributed by atoms with Gasteiger partial charge in [0.25, 0.3) is 0 Å². The van der Waals surface area contributed by atoms with Gasteiger partial charge >= 0.3 is 0 Å². The number of rotatable bonds is 3. The topological polar surface area (TPSA) is 12.0 Å². The molecule has 0 fully saturated rings. The molecule has 0 saturated heterocycles. The highest BCUT2D eigenvalue weighted by Crippen LogP contribution is 2.20. The summed E-state index contributed by atoms with van der Waals surface area (Å²) in [6.45, 7) is 2.18. The second kappa shape index (κ2) is 6.04. The van der Waals surface area contributed by atoms with Crippen molar-refractivity contribution in [2.45, 2.75) is 13.0 Å². The van der Waals surface area contributed by atoms with E-state index < -0.39 is 0 Å². The van der Waals surface area contributed by atoms with Crippen molar-refractivity contribution >= 4 is 50.9 Å². The molecule has 0 aliphatic rings. The average molecular weight is 449 g/mol. The Balaban J connectivity index is 2.08. The predicted molar refractivity (Wildman–Crippen MR) is 90.4 cm³/mol. The third kappa shape index (κ3) is 3.84. The SMILES string of the molecule is CC(Nc1ccc(I)cc1)c1ccc(I)cc1. The maximum absolute atomic E-state index is 3.50. The standard InChI is InChI=1S/C14H13I2N/c1-10(11-2-4-12(15)5-3-11)17-14-8-6-13(16)7-9-14/h2-10,17H,1H3. The Hall–Kier alpha value is -0.300. The van der Waals surface area contributed by atoms with Gasteiger partial charge in [-0.15, -0.1) is 0 Å². The number of hydrogen-bond acceptors (Lipinski definition) is 1. The number of benzene rings is 2. The summed E-state index contributed by atoms with van der Waals surface area (Å²) >= 11 is 4.64. The van der Waals surface area contributed by atoms with Crippen molar-refractivity contribution in [3.63, 3.8) is 0 Å². The molecule has 2 rings (SSSR count). The van der Waals surface area contributed by atoms with Gasteiger partial charge < -0.3 is 5.32 Å². The Labute approximate surface area is 129 Å². The van der Waals surface area contributed by atoms with Crippen LogP contribution in [0.5, 0.6) is 0 Å². The summed E-state index contributed by atoms with van der Waals surface area (Å²) in [6.07, 6.45) is 0.